The van der Waals surface area contributed by atoms with Crippen LogP contribution >= 0.6 is 0 Å². The SMILES string of the molecule is NN=Cc1ccc(NC(=O)CCC(=O)NC(CC(=O)O)C2CC2)cc1. The Kier molecular flexibility index (Phi) is 6.50. The van der Waals surface area contributed by atoms with Gasteiger partial charge in [-0.2, -0.15) is 5.10 Å². The molecule has 0 heterocycles. The summed E-state index contributed by atoms with van der Waals surface area (Å²) in [4.78, 5) is 34.7. The van der Waals surface area contributed by atoms with Gasteiger partial charge in [0.05, 0.1) is 12.6 Å². The number of carboxylic acid groups (broad SMARTS) is 1. The zero-order valence-corrected chi connectivity index (χ0v) is 13.8. The summed E-state index contributed by atoms with van der Waals surface area (Å²) in [5.41, 5.74) is 1.42. The van der Waals surface area contributed by atoms with Crippen molar-refractivity contribution in [1.82, 2.24) is 5.32 Å². The van der Waals surface area contributed by atoms with E-state index < -0.39 is 5.97 Å². The first-order chi connectivity index (χ1) is 12.0. The molecule has 8 heteroatoms. The van der Waals surface area contributed by atoms with E-state index in [0.717, 1.165) is 18.4 Å². The van der Waals surface area contributed by atoms with Crippen molar-refractivity contribution in [2.45, 2.75) is 38.1 Å². The molecule has 1 atom stereocenters. The zero-order valence-electron chi connectivity index (χ0n) is 13.8. The van der Waals surface area contributed by atoms with Crippen molar-refractivity contribution < 1.29 is 19.5 Å². The summed E-state index contributed by atoms with van der Waals surface area (Å²) < 4.78 is 0. The van der Waals surface area contributed by atoms with Crippen LogP contribution in [0.1, 0.15) is 37.7 Å². The number of nitrogens with one attached hydrogen (secondary N) is 2. The van der Waals surface area contributed by atoms with Gasteiger partial charge in [0.25, 0.3) is 0 Å². The van der Waals surface area contributed by atoms with Crippen LogP contribution in [0.25, 0.3) is 0 Å². The standard InChI is InChI=1S/C17H22N4O4/c18-19-10-11-1-5-13(6-2-11)20-15(22)7-8-16(23)21-14(9-17(24)25)12-3-4-12/h1-2,5-6,10,12,14H,3-4,7-9,18H2,(H,20,22)(H,21,23)(H,24,25). The van der Waals surface area contributed by atoms with Crippen LogP contribution in [-0.2, 0) is 14.4 Å². The van der Waals surface area contributed by atoms with Gasteiger partial charge in [-0.1, -0.05) is 12.1 Å². The number of carbonyl (C=O) groups is 3. The van der Waals surface area contributed by atoms with Gasteiger partial charge >= 0.3 is 5.97 Å². The molecule has 0 aromatic heterocycles. The Bertz CT molecular complexity index is 653. The number of anilines is 1. The number of amides is 2. The summed E-state index contributed by atoms with van der Waals surface area (Å²) in [5.74, 6) is 3.78. The lowest BCUT2D eigenvalue weighted by atomic mass is 10.1. The largest absolute Gasteiger partial charge is 0.481 e. The summed E-state index contributed by atoms with van der Waals surface area (Å²) in [6.07, 6.45) is 3.33. The average molecular weight is 346 g/mol. The van der Waals surface area contributed by atoms with Crippen LogP contribution < -0.4 is 16.5 Å². The molecular weight excluding hydrogens is 324 g/mol. The van der Waals surface area contributed by atoms with Crippen molar-refractivity contribution in [2.75, 3.05) is 5.32 Å². The van der Waals surface area contributed by atoms with Gasteiger partial charge in [0.1, 0.15) is 0 Å². The number of aliphatic carboxylic acids is 1. The highest BCUT2D eigenvalue weighted by Crippen LogP contribution is 2.34. The van der Waals surface area contributed by atoms with Crippen molar-refractivity contribution >= 4 is 29.7 Å². The van der Waals surface area contributed by atoms with Crippen LogP contribution in [0.5, 0.6) is 0 Å². The Morgan fingerprint density at radius 1 is 1.20 bits per heavy atom. The van der Waals surface area contributed by atoms with E-state index in [0.29, 0.717) is 5.69 Å². The van der Waals surface area contributed by atoms with Gasteiger partial charge in [-0.25, -0.2) is 0 Å². The monoisotopic (exact) mass is 346 g/mol. The lowest BCUT2D eigenvalue weighted by Crippen LogP contribution is -2.38. The summed E-state index contributed by atoms with van der Waals surface area (Å²) >= 11 is 0. The minimum atomic E-state index is -0.932. The third kappa shape index (κ3) is 6.62. The molecule has 25 heavy (non-hydrogen) atoms. The molecule has 0 bridgehead atoms. The predicted octanol–water partition coefficient (Wildman–Crippen LogP) is 1.07. The number of hydrogen-bond donors (Lipinski definition) is 4. The van der Waals surface area contributed by atoms with E-state index in [1.807, 2.05) is 0 Å². The number of rotatable bonds is 9. The fourth-order valence-corrected chi connectivity index (χ4v) is 2.49. The third-order valence-electron chi connectivity index (χ3n) is 3.93. The van der Waals surface area contributed by atoms with E-state index >= 15 is 0 Å². The summed E-state index contributed by atoms with van der Waals surface area (Å²) in [6, 6.07) is 6.59. The molecule has 1 aromatic carbocycles. The van der Waals surface area contributed by atoms with Crippen LogP contribution in [-0.4, -0.2) is 35.1 Å². The number of hydrazone groups is 1. The van der Waals surface area contributed by atoms with Gasteiger partial charge < -0.3 is 21.6 Å². The zero-order chi connectivity index (χ0) is 18.2. The van der Waals surface area contributed by atoms with E-state index in [4.69, 9.17) is 10.9 Å². The second kappa shape index (κ2) is 8.81. The Hall–Kier alpha value is -2.90. The number of benzene rings is 1. The topological polar surface area (TPSA) is 134 Å². The van der Waals surface area contributed by atoms with E-state index in [9.17, 15) is 14.4 Å². The highest BCUT2D eigenvalue weighted by atomic mass is 16.4. The fourth-order valence-electron chi connectivity index (χ4n) is 2.49. The van der Waals surface area contributed by atoms with Crippen molar-refractivity contribution in [2.24, 2.45) is 16.9 Å². The second-order valence-corrected chi connectivity index (χ2v) is 6.06. The molecular formula is C17H22N4O4. The molecule has 134 valence electrons. The maximum absolute atomic E-state index is 11.9. The smallest absolute Gasteiger partial charge is 0.305 e. The Labute approximate surface area is 145 Å². The van der Waals surface area contributed by atoms with Crippen molar-refractivity contribution in [1.29, 1.82) is 0 Å². The molecule has 0 radical (unpaired) electrons. The van der Waals surface area contributed by atoms with Gasteiger partial charge in [-0.3, -0.25) is 14.4 Å². The van der Waals surface area contributed by atoms with Gasteiger partial charge in [0, 0.05) is 24.6 Å². The molecule has 1 unspecified atom stereocenters. The Morgan fingerprint density at radius 2 is 1.84 bits per heavy atom. The third-order valence-corrected chi connectivity index (χ3v) is 3.93. The second-order valence-electron chi connectivity index (χ2n) is 6.06. The maximum Gasteiger partial charge on any atom is 0.305 e. The first-order valence-corrected chi connectivity index (χ1v) is 8.12. The number of nitrogens with zero attached hydrogens (tertiary/aromatic N) is 1. The van der Waals surface area contributed by atoms with Gasteiger partial charge in [0.2, 0.25) is 11.8 Å². The number of carboxylic acids is 1. The van der Waals surface area contributed by atoms with Crippen LogP contribution in [0.15, 0.2) is 29.4 Å². The molecule has 2 amide bonds. The molecule has 8 nitrogen and oxygen atoms in total. The molecule has 1 aliphatic carbocycles. The molecule has 0 spiro atoms. The summed E-state index contributed by atoms with van der Waals surface area (Å²) in [7, 11) is 0. The molecule has 0 aliphatic heterocycles. The van der Waals surface area contributed by atoms with Crippen LogP contribution in [0.4, 0.5) is 5.69 Å². The van der Waals surface area contributed by atoms with Gasteiger partial charge in [-0.15, -0.1) is 0 Å². The van der Waals surface area contributed by atoms with Crippen molar-refractivity contribution in [3.8, 4) is 0 Å². The molecule has 0 saturated heterocycles. The Balaban J connectivity index is 1.74. The quantitative estimate of drug-likeness (QED) is 0.301. The normalized spacial score (nSPS) is 14.9. The summed E-state index contributed by atoms with van der Waals surface area (Å²) in [6.45, 7) is 0. The molecule has 1 saturated carbocycles. The van der Waals surface area contributed by atoms with Gasteiger partial charge in [-0.05, 0) is 36.5 Å². The number of carbonyl (C=O) groups excluding carboxylic acids is 2. The highest BCUT2D eigenvalue weighted by Gasteiger charge is 2.33. The maximum atomic E-state index is 11.9. The molecule has 1 aromatic rings. The molecule has 5 N–H and O–H groups in total. The lowest BCUT2D eigenvalue weighted by molar-refractivity contribution is -0.138. The van der Waals surface area contributed by atoms with E-state index in [2.05, 4.69) is 15.7 Å². The van der Waals surface area contributed by atoms with E-state index in [1.54, 1.807) is 24.3 Å². The first kappa shape index (κ1) is 18.4. The number of nitrogens with two attached hydrogens (primary N) is 1. The van der Waals surface area contributed by atoms with Crippen LogP contribution in [0.2, 0.25) is 0 Å². The number of hydrogen-bond acceptors (Lipinski definition) is 5. The molecule has 1 aliphatic rings. The highest BCUT2D eigenvalue weighted by molar-refractivity contribution is 5.93. The van der Waals surface area contributed by atoms with Crippen molar-refractivity contribution in [3.05, 3.63) is 29.8 Å². The first-order valence-electron chi connectivity index (χ1n) is 8.12. The predicted molar refractivity (Wildman–Crippen MR) is 93.0 cm³/mol. The molecule has 2 rings (SSSR count). The van der Waals surface area contributed by atoms with Crippen molar-refractivity contribution in [3.63, 3.8) is 0 Å². The van der Waals surface area contributed by atoms with Gasteiger partial charge in [0.15, 0.2) is 0 Å². The Morgan fingerprint density at radius 3 is 2.40 bits per heavy atom. The lowest BCUT2D eigenvalue weighted by Gasteiger charge is -2.16. The van der Waals surface area contributed by atoms with Crippen LogP contribution in [0, 0.1) is 5.92 Å². The fraction of sp³-hybridized carbons (Fsp3) is 0.412. The minimum Gasteiger partial charge on any atom is -0.481 e. The van der Waals surface area contributed by atoms with E-state index in [1.165, 1.54) is 6.21 Å². The average Bonchev–Trinajstić information content (AvgIpc) is 3.39. The summed E-state index contributed by atoms with van der Waals surface area (Å²) in [5, 5.41) is 17.7. The molecule has 1 fully saturated rings. The van der Waals surface area contributed by atoms with Crippen LogP contribution in [0.3, 0.4) is 0 Å². The minimum absolute atomic E-state index is 0.0204. The van der Waals surface area contributed by atoms with E-state index in [-0.39, 0.29) is 43.0 Å².